The molecule has 0 saturated heterocycles. The smallest absolute Gasteiger partial charge is 0.219 e. The summed E-state index contributed by atoms with van der Waals surface area (Å²) in [5.41, 5.74) is 4.83. The molecule has 0 aromatic carbocycles. The van der Waals surface area contributed by atoms with Crippen molar-refractivity contribution in [3.05, 3.63) is 21.9 Å². The fourth-order valence-corrected chi connectivity index (χ4v) is 12.4. The predicted octanol–water partition coefficient (Wildman–Crippen LogP) is 5.18. The molecule has 23 heavy (non-hydrogen) atoms. The van der Waals surface area contributed by atoms with Crippen LogP contribution < -0.4 is 0 Å². The zero-order chi connectivity index (χ0) is 17.5. The van der Waals surface area contributed by atoms with Crippen molar-refractivity contribution >= 4 is 30.1 Å². The van der Waals surface area contributed by atoms with Crippen LogP contribution in [0.4, 0.5) is 0 Å². The summed E-state index contributed by atoms with van der Waals surface area (Å²) in [6, 6.07) is 0. The lowest BCUT2D eigenvalue weighted by Crippen LogP contribution is -2.53. The summed E-state index contributed by atoms with van der Waals surface area (Å²) in [5.74, 6) is 0.176. The fraction of sp³-hybridized carbons (Fsp3) is 0.722. The second-order valence-corrected chi connectivity index (χ2v) is 14.4. The number of amides is 1. The average molecular weight is 399 g/mol. The van der Waals surface area contributed by atoms with E-state index in [-0.39, 0.29) is 5.91 Å². The van der Waals surface area contributed by atoms with Crippen molar-refractivity contribution in [1.29, 1.82) is 0 Å². The summed E-state index contributed by atoms with van der Waals surface area (Å²) in [4.78, 5) is 13.7. The van der Waals surface area contributed by atoms with Gasteiger partial charge in [0.15, 0.2) is 8.24 Å². The van der Waals surface area contributed by atoms with E-state index in [1.807, 2.05) is 4.90 Å². The highest BCUT2D eigenvalue weighted by Crippen LogP contribution is 2.45. The highest BCUT2D eigenvalue weighted by Gasteiger charge is 2.47. The molecule has 3 nitrogen and oxygen atoms in total. The Morgan fingerprint density at radius 3 is 2.09 bits per heavy atom. The molecule has 0 saturated carbocycles. The Labute approximate surface area is 150 Å². The van der Waals surface area contributed by atoms with Crippen molar-refractivity contribution in [3.8, 4) is 0 Å². The second kappa shape index (κ2) is 6.75. The first-order valence-electron chi connectivity index (χ1n) is 8.78. The van der Waals surface area contributed by atoms with Crippen LogP contribution in [0.15, 0.2) is 10.7 Å². The fourth-order valence-electron chi connectivity index (χ4n) is 4.95. The Morgan fingerprint density at radius 1 is 1.13 bits per heavy atom. The van der Waals surface area contributed by atoms with Crippen LogP contribution in [0.5, 0.6) is 0 Å². The molecule has 0 aliphatic carbocycles. The maximum absolute atomic E-state index is 11.8. The van der Waals surface area contributed by atoms with Gasteiger partial charge >= 0.3 is 0 Å². The summed E-state index contributed by atoms with van der Waals surface area (Å²) in [6.07, 6.45) is 3.31. The quantitative estimate of drug-likeness (QED) is 0.641. The van der Waals surface area contributed by atoms with Gasteiger partial charge in [0.05, 0.1) is 0 Å². The van der Waals surface area contributed by atoms with Gasteiger partial charge in [-0.1, -0.05) is 41.5 Å². The van der Waals surface area contributed by atoms with Crippen LogP contribution in [-0.2, 0) is 17.8 Å². The molecule has 2 heterocycles. The molecule has 1 aromatic rings. The van der Waals surface area contributed by atoms with Crippen LogP contribution in [-0.4, -0.2) is 29.8 Å². The van der Waals surface area contributed by atoms with E-state index in [9.17, 15) is 4.79 Å². The van der Waals surface area contributed by atoms with Gasteiger partial charge in [-0.2, -0.15) is 0 Å². The third kappa shape index (κ3) is 2.95. The molecule has 0 fully saturated rings. The van der Waals surface area contributed by atoms with Crippen molar-refractivity contribution in [3.63, 3.8) is 0 Å². The average Bonchev–Trinajstić information content (AvgIpc) is 2.75. The SMILES string of the molecule is CC(=O)N1CCc2c(c(Br)cn2[Si](C(C)C)(C(C)C)C(C)C)C1. The van der Waals surface area contributed by atoms with E-state index in [0.717, 1.165) is 19.5 Å². The Balaban J connectivity index is 2.61. The number of aromatic nitrogens is 1. The van der Waals surface area contributed by atoms with Crippen LogP contribution in [0.1, 0.15) is 59.7 Å². The van der Waals surface area contributed by atoms with Crippen LogP contribution >= 0.6 is 15.9 Å². The van der Waals surface area contributed by atoms with Gasteiger partial charge in [0.25, 0.3) is 0 Å². The van der Waals surface area contributed by atoms with Gasteiger partial charge in [0.1, 0.15) is 0 Å². The van der Waals surface area contributed by atoms with E-state index < -0.39 is 8.24 Å². The maximum atomic E-state index is 11.8. The zero-order valence-electron chi connectivity index (χ0n) is 15.6. The number of hydrogen-bond acceptors (Lipinski definition) is 1. The summed E-state index contributed by atoms with van der Waals surface area (Å²) >= 11 is 3.78. The first kappa shape index (κ1) is 18.8. The van der Waals surface area contributed by atoms with Gasteiger partial charge in [0, 0.05) is 48.4 Å². The molecule has 130 valence electrons. The van der Waals surface area contributed by atoms with Crippen molar-refractivity contribution in [2.45, 2.75) is 78.1 Å². The molecule has 2 rings (SSSR count). The van der Waals surface area contributed by atoms with Crippen molar-refractivity contribution in [2.24, 2.45) is 0 Å². The third-order valence-corrected chi connectivity index (χ3v) is 13.2. The summed E-state index contributed by atoms with van der Waals surface area (Å²) in [6.45, 7) is 17.7. The lowest BCUT2D eigenvalue weighted by molar-refractivity contribution is -0.129. The molecule has 0 radical (unpaired) electrons. The number of rotatable bonds is 4. The maximum Gasteiger partial charge on any atom is 0.219 e. The predicted molar refractivity (Wildman–Crippen MR) is 103 cm³/mol. The minimum atomic E-state index is -1.73. The van der Waals surface area contributed by atoms with E-state index >= 15 is 0 Å². The highest BCUT2D eigenvalue weighted by molar-refractivity contribution is 9.10. The van der Waals surface area contributed by atoms with Crippen LogP contribution in [0.3, 0.4) is 0 Å². The molecule has 5 heteroatoms. The zero-order valence-corrected chi connectivity index (χ0v) is 18.2. The van der Waals surface area contributed by atoms with Crippen molar-refractivity contribution in [2.75, 3.05) is 6.54 Å². The monoisotopic (exact) mass is 398 g/mol. The first-order chi connectivity index (χ1) is 10.6. The van der Waals surface area contributed by atoms with Crippen molar-refractivity contribution in [1.82, 2.24) is 9.13 Å². The van der Waals surface area contributed by atoms with Crippen LogP contribution in [0.2, 0.25) is 16.6 Å². The number of halogens is 1. The Hall–Kier alpha value is -0.553. The molecule has 0 spiro atoms. The van der Waals surface area contributed by atoms with Gasteiger partial charge in [-0.15, -0.1) is 0 Å². The van der Waals surface area contributed by atoms with E-state index in [1.54, 1.807) is 6.92 Å². The van der Waals surface area contributed by atoms with Gasteiger partial charge in [0.2, 0.25) is 5.91 Å². The van der Waals surface area contributed by atoms with E-state index in [0.29, 0.717) is 16.6 Å². The molecule has 1 aliphatic heterocycles. The minimum Gasteiger partial charge on any atom is -0.376 e. The lowest BCUT2D eigenvalue weighted by Gasteiger charge is -2.45. The third-order valence-electron chi connectivity index (χ3n) is 5.77. The largest absolute Gasteiger partial charge is 0.376 e. The number of carbonyl (C=O) groups excluding carboxylic acids is 1. The highest BCUT2D eigenvalue weighted by atomic mass is 79.9. The van der Waals surface area contributed by atoms with E-state index in [2.05, 4.69) is 67.9 Å². The normalized spacial score (nSPS) is 15.7. The summed E-state index contributed by atoms with van der Waals surface area (Å²) in [5, 5.41) is 0. The molecule has 1 amide bonds. The standard InChI is InChI=1S/C18H31BrN2OSi/c1-12(2)23(13(3)4,14(5)6)21-11-17(19)16-10-20(15(7)22)9-8-18(16)21/h11-14H,8-10H2,1-7H3. The minimum absolute atomic E-state index is 0.176. The molecule has 0 atom stereocenters. The van der Waals surface area contributed by atoms with Gasteiger partial charge < -0.3 is 9.13 Å². The summed E-state index contributed by atoms with van der Waals surface area (Å²) < 4.78 is 3.86. The molecule has 1 aromatic heterocycles. The van der Waals surface area contributed by atoms with Crippen LogP contribution in [0.25, 0.3) is 0 Å². The van der Waals surface area contributed by atoms with E-state index in [1.165, 1.54) is 15.7 Å². The molecule has 0 bridgehead atoms. The Morgan fingerprint density at radius 2 is 1.65 bits per heavy atom. The van der Waals surface area contributed by atoms with Gasteiger partial charge in [-0.3, -0.25) is 4.79 Å². The topological polar surface area (TPSA) is 25.2 Å². The molecular weight excluding hydrogens is 368 g/mol. The number of hydrogen-bond donors (Lipinski definition) is 0. The summed E-state index contributed by atoms with van der Waals surface area (Å²) in [7, 11) is -1.73. The van der Waals surface area contributed by atoms with Crippen molar-refractivity contribution < 1.29 is 4.79 Å². The molecule has 1 aliphatic rings. The number of carbonyl (C=O) groups is 1. The van der Waals surface area contributed by atoms with E-state index in [4.69, 9.17) is 0 Å². The van der Waals surface area contributed by atoms with Crippen LogP contribution in [0, 0.1) is 0 Å². The Kier molecular flexibility index (Phi) is 5.51. The molecular formula is C18H31BrN2OSi. The molecule has 0 unspecified atom stereocenters. The van der Waals surface area contributed by atoms with Gasteiger partial charge in [-0.05, 0) is 32.6 Å². The Bertz CT molecular complexity index is 570. The first-order valence-corrected chi connectivity index (χ1v) is 11.8. The second-order valence-electron chi connectivity index (χ2n) is 7.81. The van der Waals surface area contributed by atoms with Gasteiger partial charge in [-0.25, -0.2) is 0 Å². The number of nitrogens with zero attached hydrogens (tertiary/aromatic N) is 2. The molecule has 0 N–H and O–H groups in total. The number of fused-ring (bicyclic) bond motifs is 1. The lowest BCUT2D eigenvalue weighted by atomic mass is 10.1.